The highest BCUT2D eigenvalue weighted by molar-refractivity contribution is 5.88. The molecule has 0 bridgehead atoms. The summed E-state index contributed by atoms with van der Waals surface area (Å²) in [5, 5.41) is 8.94. The van der Waals surface area contributed by atoms with Gasteiger partial charge in [0.1, 0.15) is 5.82 Å². The predicted molar refractivity (Wildman–Crippen MR) is 113 cm³/mol. The van der Waals surface area contributed by atoms with Crippen LogP contribution in [0.1, 0.15) is 49.4 Å². The summed E-state index contributed by atoms with van der Waals surface area (Å²) in [6, 6.07) is 7.68. The van der Waals surface area contributed by atoms with E-state index in [0.29, 0.717) is 29.4 Å². The van der Waals surface area contributed by atoms with Crippen molar-refractivity contribution < 1.29 is 19.0 Å². The maximum Gasteiger partial charge on any atom is 0.338 e. The van der Waals surface area contributed by atoms with Crippen molar-refractivity contribution in [3.63, 3.8) is 0 Å². The van der Waals surface area contributed by atoms with E-state index in [1.54, 1.807) is 18.3 Å². The van der Waals surface area contributed by atoms with Crippen molar-refractivity contribution in [1.82, 2.24) is 9.88 Å². The number of hydrogen-bond donors (Lipinski definition) is 1. The topological polar surface area (TPSA) is 62.7 Å². The SMILES string of the molecule is CC1(CN2CCC(COc3ccc(-c4ccc(C(=O)O)c(F)c4)cn3)CC2)CCC1. The summed E-state index contributed by atoms with van der Waals surface area (Å²) in [5.41, 5.74) is 1.52. The Morgan fingerprint density at radius 1 is 1.23 bits per heavy atom. The number of nitrogens with zero attached hydrogens (tertiary/aromatic N) is 2. The van der Waals surface area contributed by atoms with Gasteiger partial charge in [0.2, 0.25) is 5.88 Å². The van der Waals surface area contributed by atoms with E-state index in [9.17, 15) is 9.18 Å². The number of carboxylic acids is 1. The van der Waals surface area contributed by atoms with Crippen molar-refractivity contribution in [2.24, 2.45) is 11.3 Å². The molecule has 160 valence electrons. The number of rotatable bonds is 7. The molecule has 1 saturated heterocycles. The van der Waals surface area contributed by atoms with Crippen molar-refractivity contribution in [3.8, 4) is 17.0 Å². The first kappa shape index (κ1) is 20.8. The summed E-state index contributed by atoms with van der Waals surface area (Å²) in [5.74, 6) is -0.915. The molecule has 0 unspecified atom stereocenters. The number of aromatic carboxylic acids is 1. The van der Waals surface area contributed by atoms with Crippen LogP contribution in [0.4, 0.5) is 4.39 Å². The zero-order chi connectivity index (χ0) is 21.1. The number of carbonyl (C=O) groups is 1. The van der Waals surface area contributed by atoms with Gasteiger partial charge in [0, 0.05) is 24.4 Å². The maximum atomic E-state index is 13.9. The highest BCUT2D eigenvalue weighted by atomic mass is 19.1. The molecule has 2 heterocycles. The Morgan fingerprint density at radius 2 is 1.97 bits per heavy atom. The van der Waals surface area contributed by atoms with E-state index in [-0.39, 0.29) is 5.56 Å². The van der Waals surface area contributed by atoms with Gasteiger partial charge < -0.3 is 14.7 Å². The van der Waals surface area contributed by atoms with Gasteiger partial charge in [-0.25, -0.2) is 14.2 Å². The van der Waals surface area contributed by atoms with Crippen LogP contribution in [0, 0.1) is 17.2 Å². The Bertz CT molecular complexity index is 888. The molecule has 1 aliphatic carbocycles. The molecule has 6 heteroatoms. The molecule has 1 aromatic carbocycles. The third-order valence-electron chi connectivity index (χ3n) is 6.61. The van der Waals surface area contributed by atoms with E-state index in [0.717, 1.165) is 31.5 Å². The van der Waals surface area contributed by atoms with Crippen LogP contribution >= 0.6 is 0 Å². The first-order valence-corrected chi connectivity index (χ1v) is 10.8. The van der Waals surface area contributed by atoms with Crippen LogP contribution in [-0.4, -0.2) is 47.2 Å². The maximum absolute atomic E-state index is 13.9. The van der Waals surface area contributed by atoms with E-state index in [1.165, 1.54) is 37.9 Å². The number of halogens is 1. The number of aromatic nitrogens is 1. The van der Waals surface area contributed by atoms with E-state index in [1.807, 2.05) is 6.07 Å². The zero-order valence-corrected chi connectivity index (χ0v) is 17.4. The van der Waals surface area contributed by atoms with Gasteiger partial charge in [0.05, 0.1) is 12.2 Å². The standard InChI is InChI=1S/C24H29FN2O3/c1-24(9-2-10-24)16-27-11-7-17(8-12-27)15-30-22-6-4-19(14-26-22)18-3-5-20(23(28)29)21(25)13-18/h3-6,13-14,17H,2,7-12,15-16H2,1H3,(H,28,29). The summed E-state index contributed by atoms with van der Waals surface area (Å²) in [6.07, 6.45) is 8.07. The highest BCUT2D eigenvalue weighted by Crippen LogP contribution is 2.41. The average molecular weight is 413 g/mol. The number of likely N-dealkylation sites (tertiary alicyclic amines) is 1. The van der Waals surface area contributed by atoms with Gasteiger partial charge in [0.25, 0.3) is 0 Å². The number of benzene rings is 1. The third-order valence-corrected chi connectivity index (χ3v) is 6.61. The third kappa shape index (κ3) is 4.81. The fourth-order valence-electron chi connectivity index (χ4n) is 4.50. The lowest BCUT2D eigenvalue weighted by atomic mass is 9.70. The Balaban J connectivity index is 1.26. The highest BCUT2D eigenvalue weighted by Gasteiger charge is 2.34. The summed E-state index contributed by atoms with van der Waals surface area (Å²) >= 11 is 0. The molecule has 0 amide bonds. The van der Waals surface area contributed by atoms with Crippen LogP contribution in [-0.2, 0) is 0 Å². The normalized spacial score (nSPS) is 19.3. The average Bonchev–Trinajstić information content (AvgIpc) is 2.72. The van der Waals surface area contributed by atoms with Crippen molar-refractivity contribution in [2.75, 3.05) is 26.2 Å². The van der Waals surface area contributed by atoms with E-state index in [2.05, 4.69) is 16.8 Å². The van der Waals surface area contributed by atoms with Gasteiger partial charge >= 0.3 is 5.97 Å². The predicted octanol–water partition coefficient (Wildman–Crippen LogP) is 4.87. The fraction of sp³-hybridized carbons (Fsp3) is 0.500. The zero-order valence-electron chi connectivity index (χ0n) is 17.4. The summed E-state index contributed by atoms with van der Waals surface area (Å²) in [4.78, 5) is 17.9. The number of piperidine rings is 1. The smallest absolute Gasteiger partial charge is 0.338 e. The Labute approximate surface area is 176 Å². The number of hydrogen-bond acceptors (Lipinski definition) is 4. The van der Waals surface area contributed by atoms with Crippen LogP contribution in [0.3, 0.4) is 0 Å². The van der Waals surface area contributed by atoms with Crippen molar-refractivity contribution >= 4 is 5.97 Å². The van der Waals surface area contributed by atoms with Crippen molar-refractivity contribution in [2.45, 2.75) is 39.0 Å². The number of pyridine rings is 1. The van der Waals surface area contributed by atoms with Crippen LogP contribution in [0.2, 0.25) is 0 Å². The lowest BCUT2D eigenvalue weighted by molar-refractivity contribution is 0.0561. The monoisotopic (exact) mass is 412 g/mol. The van der Waals surface area contributed by atoms with E-state index < -0.39 is 11.8 Å². The second kappa shape index (κ2) is 8.72. The molecule has 30 heavy (non-hydrogen) atoms. The summed E-state index contributed by atoms with van der Waals surface area (Å²) in [6.45, 7) is 6.61. The summed E-state index contributed by atoms with van der Waals surface area (Å²) < 4.78 is 19.8. The molecule has 1 N–H and O–H groups in total. The molecular formula is C24H29FN2O3. The van der Waals surface area contributed by atoms with Gasteiger partial charge in [-0.2, -0.15) is 0 Å². The van der Waals surface area contributed by atoms with Crippen LogP contribution in [0.5, 0.6) is 5.88 Å². The lowest BCUT2D eigenvalue weighted by Gasteiger charge is -2.44. The van der Waals surface area contributed by atoms with E-state index in [4.69, 9.17) is 9.84 Å². The van der Waals surface area contributed by atoms with E-state index >= 15 is 0 Å². The molecule has 4 rings (SSSR count). The summed E-state index contributed by atoms with van der Waals surface area (Å²) in [7, 11) is 0. The lowest BCUT2D eigenvalue weighted by Crippen LogP contribution is -2.44. The molecule has 0 radical (unpaired) electrons. The number of ether oxygens (including phenoxy) is 1. The van der Waals surface area contributed by atoms with Gasteiger partial charge in [-0.1, -0.05) is 19.4 Å². The minimum absolute atomic E-state index is 0.334. The molecule has 1 aromatic heterocycles. The first-order chi connectivity index (χ1) is 14.4. The fourth-order valence-corrected chi connectivity index (χ4v) is 4.50. The molecule has 2 fully saturated rings. The molecular weight excluding hydrogens is 383 g/mol. The second-order valence-corrected chi connectivity index (χ2v) is 9.08. The number of carboxylic acid groups (broad SMARTS) is 1. The quantitative estimate of drug-likeness (QED) is 0.703. The molecule has 0 spiro atoms. The van der Waals surface area contributed by atoms with Gasteiger partial charge in [0.15, 0.2) is 0 Å². The minimum Gasteiger partial charge on any atom is -0.478 e. The van der Waals surface area contributed by atoms with Crippen LogP contribution in [0.25, 0.3) is 11.1 Å². The molecule has 2 aromatic rings. The van der Waals surface area contributed by atoms with Gasteiger partial charge in [-0.3, -0.25) is 0 Å². The Kier molecular flexibility index (Phi) is 6.04. The Hall–Kier alpha value is -2.47. The molecule has 1 saturated carbocycles. The largest absolute Gasteiger partial charge is 0.478 e. The molecule has 5 nitrogen and oxygen atoms in total. The minimum atomic E-state index is -1.27. The molecule has 0 atom stereocenters. The van der Waals surface area contributed by atoms with Crippen molar-refractivity contribution in [1.29, 1.82) is 0 Å². The molecule has 2 aliphatic rings. The Morgan fingerprint density at radius 3 is 2.53 bits per heavy atom. The second-order valence-electron chi connectivity index (χ2n) is 9.08. The van der Waals surface area contributed by atoms with Crippen LogP contribution in [0.15, 0.2) is 36.5 Å². The molecule has 1 aliphatic heterocycles. The van der Waals surface area contributed by atoms with Gasteiger partial charge in [-0.15, -0.1) is 0 Å². The van der Waals surface area contributed by atoms with Crippen molar-refractivity contribution in [3.05, 3.63) is 47.9 Å². The van der Waals surface area contributed by atoms with Gasteiger partial charge in [-0.05, 0) is 73.9 Å². The first-order valence-electron chi connectivity index (χ1n) is 10.8. The van der Waals surface area contributed by atoms with Crippen LogP contribution < -0.4 is 4.74 Å².